The average molecular weight is 258 g/mol. The predicted molar refractivity (Wildman–Crippen MR) is 67.1 cm³/mol. The monoisotopic (exact) mass is 258 g/mol. The van der Waals surface area contributed by atoms with E-state index in [0.717, 1.165) is 6.42 Å². The number of carbonyl (C=O) groups excluding carboxylic acids is 2. The second-order valence-electron chi connectivity index (χ2n) is 4.80. The molecule has 18 heavy (non-hydrogen) atoms. The molecule has 0 rings (SSSR count). The standard InChI is InChI=1S/C12H22N2O4/c1-8(2)7-9(3)13-12(18)14-10(15)5-4-6-11(16)17/h8-9H,4-7H2,1-3H3,(H,16,17)(H2,13,14,15,18). The summed E-state index contributed by atoms with van der Waals surface area (Å²) in [5.41, 5.74) is 0. The van der Waals surface area contributed by atoms with Crippen LogP contribution in [0.4, 0.5) is 4.79 Å². The molecule has 0 fully saturated rings. The highest BCUT2D eigenvalue weighted by atomic mass is 16.4. The fourth-order valence-electron chi connectivity index (χ4n) is 1.62. The summed E-state index contributed by atoms with van der Waals surface area (Å²) in [7, 11) is 0. The highest BCUT2D eigenvalue weighted by Gasteiger charge is 2.11. The van der Waals surface area contributed by atoms with E-state index >= 15 is 0 Å². The van der Waals surface area contributed by atoms with E-state index in [1.165, 1.54) is 0 Å². The van der Waals surface area contributed by atoms with Gasteiger partial charge in [-0.25, -0.2) is 4.79 Å². The van der Waals surface area contributed by atoms with Crippen LogP contribution < -0.4 is 10.6 Å². The number of nitrogens with one attached hydrogen (secondary N) is 2. The van der Waals surface area contributed by atoms with E-state index in [2.05, 4.69) is 10.6 Å². The van der Waals surface area contributed by atoms with Crippen LogP contribution in [-0.4, -0.2) is 29.1 Å². The van der Waals surface area contributed by atoms with Crippen molar-refractivity contribution in [1.29, 1.82) is 0 Å². The molecule has 0 aromatic heterocycles. The lowest BCUT2D eigenvalue weighted by atomic mass is 10.1. The van der Waals surface area contributed by atoms with E-state index < -0.39 is 17.9 Å². The van der Waals surface area contributed by atoms with E-state index in [1.807, 2.05) is 20.8 Å². The van der Waals surface area contributed by atoms with Crippen molar-refractivity contribution in [3.8, 4) is 0 Å². The van der Waals surface area contributed by atoms with Crippen molar-refractivity contribution in [2.75, 3.05) is 0 Å². The van der Waals surface area contributed by atoms with Gasteiger partial charge in [-0.05, 0) is 25.7 Å². The molecule has 1 atom stereocenters. The first-order valence-corrected chi connectivity index (χ1v) is 6.13. The van der Waals surface area contributed by atoms with Crippen LogP contribution in [0.5, 0.6) is 0 Å². The summed E-state index contributed by atoms with van der Waals surface area (Å²) in [4.78, 5) is 32.9. The van der Waals surface area contributed by atoms with E-state index in [0.29, 0.717) is 5.92 Å². The van der Waals surface area contributed by atoms with Gasteiger partial charge in [0, 0.05) is 18.9 Å². The van der Waals surface area contributed by atoms with Gasteiger partial charge in [0.2, 0.25) is 5.91 Å². The minimum atomic E-state index is -0.946. The Morgan fingerprint density at radius 1 is 1.11 bits per heavy atom. The molecule has 3 amide bonds. The Balaban J connectivity index is 3.80. The molecule has 0 aliphatic heterocycles. The molecule has 6 heteroatoms. The van der Waals surface area contributed by atoms with Gasteiger partial charge in [-0.3, -0.25) is 14.9 Å². The van der Waals surface area contributed by atoms with Crippen molar-refractivity contribution >= 4 is 17.9 Å². The Morgan fingerprint density at radius 2 is 1.72 bits per heavy atom. The maximum atomic E-state index is 11.4. The summed E-state index contributed by atoms with van der Waals surface area (Å²) in [5, 5.41) is 13.2. The van der Waals surface area contributed by atoms with Gasteiger partial charge >= 0.3 is 12.0 Å². The molecule has 0 aromatic rings. The molecule has 0 spiro atoms. The molecule has 1 unspecified atom stereocenters. The lowest BCUT2D eigenvalue weighted by Gasteiger charge is -2.15. The number of hydrogen-bond acceptors (Lipinski definition) is 3. The highest BCUT2D eigenvalue weighted by molar-refractivity contribution is 5.94. The fraction of sp³-hybridized carbons (Fsp3) is 0.750. The average Bonchev–Trinajstić information content (AvgIpc) is 2.14. The Hall–Kier alpha value is -1.59. The van der Waals surface area contributed by atoms with Crippen molar-refractivity contribution in [3.63, 3.8) is 0 Å². The van der Waals surface area contributed by atoms with Crippen molar-refractivity contribution in [2.45, 2.75) is 52.5 Å². The van der Waals surface area contributed by atoms with Gasteiger partial charge in [-0.15, -0.1) is 0 Å². The van der Waals surface area contributed by atoms with Crippen molar-refractivity contribution in [1.82, 2.24) is 10.6 Å². The summed E-state index contributed by atoms with van der Waals surface area (Å²) in [5.74, 6) is -0.935. The number of carbonyl (C=O) groups is 3. The maximum Gasteiger partial charge on any atom is 0.321 e. The van der Waals surface area contributed by atoms with Crippen molar-refractivity contribution in [2.24, 2.45) is 5.92 Å². The quantitative estimate of drug-likeness (QED) is 0.645. The summed E-state index contributed by atoms with van der Waals surface area (Å²) in [6.45, 7) is 5.97. The number of urea groups is 1. The summed E-state index contributed by atoms with van der Waals surface area (Å²) in [6, 6.07) is -0.528. The number of imide groups is 1. The molecule has 0 saturated heterocycles. The molecule has 0 aliphatic carbocycles. The molecule has 0 bridgehead atoms. The zero-order chi connectivity index (χ0) is 14.1. The number of carboxylic acid groups (broad SMARTS) is 1. The summed E-state index contributed by atoms with van der Waals surface area (Å²) in [6.07, 6.45) is 1.04. The van der Waals surface area contributed by atoms with Crippen LogP contribution in [0, 0.1) is 5.92 Å². The fourth-order valence-corrected chi connectivity index (χ4v) is 1.62. The molecular formula is C12H22N2O4. The zero-order valence-electron chi connectivity index (χ0n) is 11.2. The highest BCUT2D eigenvalue weighted by Crippen LogP contribution is 2.03. The first-order valence-electron chi connectivity index (χ1n) is 6.13. The second-order valence-corrected chi connectivity index (χ2v) is 4.80. The molecule has 0 saturated carbocycles. The molecule has 0 aliphatic rings. The Bertz CT molecular complexity index is 302. The van der Waals surface area contributed by atoms with E-state index in [9.17, 15) is 14.4 Å². The lowest BCUT2D eigenvalue weighted by Crippen LogP contribution is -2.43. The van der Waals surface area contributed by atoms with Crippen LogP contribution >= 0.6 is 0 Å². The van der Waals surface area contributed by atoms with Gasteiger partial charge in [0.05, 0.1) is 0 Å². The van der Waals surface area contributed by atoms with Gasteiger partial charge in [0.15, 0.2) is 0 Å². The topological polar surface area (TPSA) is 95.5 Å². The van der Waals surface area contributed by atoms with Crippen molar-refractivity contribution < 1.29 is 19.5 Å². The van der Waals surface area contributed by atoms with Crippen molar-refractivity contribution in [3.05, 3.63) is 0 Å². The van der Waals surface area contributed by atoms with Gasteiger partial charge in [0.1, 0.15) is 0 Å². The van der Waals surface area contributed by atoms with Gasteiger partial charge < -0.3 is 10.4 Å². The molecule has 104 valence electrons. The normalized spacial score (nSPS) is 12.0. The number of rotatable bonds is 7. The SMILES string of the molecule is CC(C)CC(C)NC(=O)NC(=O)CCCC(=O)O. The molecule has 0 radical (unpaired) electrons. The molecule has 0 aromatic carbocycles. The maximum absolute atomic E-state index is 11.4. The minimum Gasteiger partial charge on any atom is -0.481 e. The van der Waals surface area contributed by atoms with E-state index in [4.69, 9.17) is 5.11 Å². The lowest BCUT2D eigenvalue weighted by molar-refractivity contribution is -0.137. The molecule has 0 heterocycles. The van der Waals surface area contributed by atoms with Gasteiger partial charge in [0.25, 0.3) is 0 Å². The summed E-state index contributed by atoms with van der Waals surface area (Å²) >= 11 is 0. The van der Waals surface area contributed by atoms with Crippen LogP contribution in [0.1, 0.15) is 46.5 Å². The Labute approximate surface area is 107 Å². The Kier molecular flexibility index (Phi) is 7.74. The van der Waals surface area contributed by atoms with Crippen LogP contribution in [0.2, 0.25) is 0 Å². The van der Waals surface area contributed by atoms with Crippen LogP contribution in [0.25, 0.3) is 0 Å². The molecular weight excluding hydrogens is 236 g/mol. The van der Waals surface area contributed by atoms with Crippen LogP contribution in [0.3, 0.4) is 0 Å². The molecule has 6 nitrogen and oxygen atoms in total. The van der Waals surface area contributed by atoms with Crippen LogP contribution in [0.15, 0.2) is 0 Å². The minimum absolute atomic E-state index is 0.00294. The summed E-state index contributed by atoms with van der Waals surface area (Å²) < 4.78 is 0. The van der Waals surface area contributed by atoms with Crippen LogP contribution in [-0.2, 0) is 9.59 Å². The molecule has 3 N–H and O–H groups in total. The third-order valence-corrected chi connectivity index (χ3v) is 2.25. The first-order chi connectivity index (χ1) is 8.31. The van der Waals surface area contributed by atoms with Gasteiger partial charge in [-0.2, -0.15) is 0 Å². The number of aliphatic carboxylic acids is 1. The zero-order valence-corrected chi connectivity index (χ0v) is 11.2. The van der Waals surface area contributed by atoms with E-state index in [-0.39, 0.29) is 25.3 Å². The number of carboxylic acids is 1. The van der Waals surface area contributed by atoms with Gasteiger partial charge in [-0.1, -0.05) is 13.8 Å². The largest absolute Gasteiger partial charge is 0.481 e. The number of hydrogen-bond donors (Lipinski definition) is 3. The third-order valence-electron chi connectivity index (χ3n) is 2.25. The predicted octanol–water partition coefficient (Wildman–Crippen LogP) is 1.50. The van der Waals surface area contributed by atoms with E-state index in [1.54, 1.807) is 0 Å². The Morgan fingerprint density at radius 3 is 2.22 bits per heavy atom. The smallest absolute Gasteiger partial charge is 0.321 e. The number of amides is 3. The first kappa shape index (κ1) is 16.4. The second kappa shape index (κ2) is 8.49. The third kappa shape index (κ3) is 9.62.